The first kappa shape index (κ1) is 12.0. The first-order chi connectivity index (χ1) is 9.42. The third-order valence-electron chi connectivity index (χ3n) is 3.21. The fourth-order valence-corrected chi connectivity index (χ4v) is 2.21. The Morgan fingerprint density at radius 2 is 2.00 bits per heavy atom. The summed E-state index contributed by atoms with van der Waals surface area (Å²) in [5.41, 5.74) is 1.05. The number of nitrogens with zero attached hydrogens (tertiary/aromatic N) is 4. The van der Waals surface area contributed by atoms with Gasteiger partial charge in [0.1, 0.15) is 11.6 Å². The molecular weight excluding hydrogens is 240 g/mol. The molecule has 0 radical (unpaired) electrons. The maximum absolute atomic E-state index is 4.49. The van der Waals surface area contributed by atoms with Crippen LogP contribution in [0.5, 0.6) is 0 Å². The van der Waals surface area contributed by atoms with Gasteiger partial charge >= 0.3 is 0 Å². The van der Waals surface area contributed by atoms with E-state index in [2.05, 4.69) is 30.6 Å². The zero-order valence-electron chi connectivity index (χ0n) is 10.6. The quantitative estimate of drug-likeness (QED) is 0.866. The van der Waals surface area contributed by atoms with E-state index in [4.69, 9.17) is 0 Å². The molecule has 6 nitrogen and oxygen atoms in total. The maximum atomic E-state index is 4.49. The van der Waals surface area contributed by atoms with Gasteiger partial charge in [-0.3, -0.25) is 9.97 Å². The van der Waals surface area contributed by atoms with Crippen molar-refractivity contribution in [3.8, 4) is 0 Å². The fourth-order valence-electron chi connectivity index (χ4n) is 2.21. The van der Waals surface area contributed by atoms with Crippen LogP contribution in [0.15, 0.2) is 31.0 Å². The predicted molar refractivity (Wildman–Crippen MR) is 72.2 cm³/mol. The van der Waals surface area contributed by atoms with E-state index in [1.807, 2.05) is 6.20 Å². The van der Waals surface area contributed by atoms with Crippen molar-refractivity contribution in [1.29, 1.82) is 0 Å². The average molecular weight is 256 g/mol. The Hall–Kier alpha value is -2.08. The van der Waals surface area contributed by atoms with Gasteiger partial charge in [0.15, 0.2) is 0 Å². The van der Waals surface area contributed by atoms with Crippen molar-refractivity contribution in [2.24, 2.45) is 0 Å². The van der Waals surface area contributed by atoms with E-state index < -0.39 is 0 Å². The van der Waals surface area contributed by atoms with E-state index in [9.17, 15) is 0 Å². The van der Waals surface area contributed by atoms with Gasteiger partial charge in [0.2, 0.25) is 0 Å². The molecule has 0 aliphatic carbocycles. The van der Waals surface area contributed by atoms with Crippen molar-refractivity contribution < 1.29 is 0 Å². The molecule has 6 heteroatoms. The van der Waals surface area contributed by atoms with Crippen molar-refractivity contribution in [2.75, 3.05) is 18.4 Å². The van der Waals surface area contributed by atoms with E-state index in [1.165, 1.54) is 12.8 Å². The Morgan fingerprint density at radius 1 is 1.05 bits per heavy atom. The molecule has 3 heterocycles. The Balaban J connectivity index is 1.68. The number of aromatic nitrogens is 4. The number of anilines is 2. The van der Waals surface area contributed by atoms with Gasteiger partial charge in [0, 0.05) is 24.9 Å². The summed E-state index contributed by atoms with van der Waals surface area (Å²) >= 11 is 0. The smallest absolute Gasteiger partial charge is 0.150 e. The normalized spacial score (nSPS) is 19.1. The zero-order valence-corrected chi connectivity index (χ0v) is 10.6. The number of nitrogens with one attached hydrogen (secondary N) is 2. The summed E-state index contributed by atoms with van der Waals surface area (Å²) in [6.07, 6.45) is 10.9. The SMILES string of the molecule is c1cnc(Nc2cnc([C@@H]3CCCNC3)cn2)cn1. The standard InChI is InChI=1S/C13H16N6/c1-2-10(6-14-3-1)11-7-18-13(9-17-11)19-12-8-15-4-5-16-12/h4-5,7-10,14H,1-3,6H2,(H,16,18,19)/t10-/m1/s1. The molecule has 19 heavy (non-hydrogen) atoms. The fraction of sp³-hybridized carbons (Fsp3) is 0.385. The number of piperidine rings is 1. The van der Waals surface area contributed by atoms with Gasteiger partial charge in [0.25, 0.3) is 0 Å². The van der Waals surface area contributed by atoms with E-state index in [0.29, 0.717) is 17.6 Å². The van der Waals surface area contributed by atoms with Crippen molar-refractivity contribution in [3.63, 3.8) is 0 Å². The lowest BCUT2D eigenvalue weighted by Gasteiger charge is -2.21. The lowest BCUT2D eigenvalue weighted by Crippen LogP contribution is -2.28. The third-order valence-corrected chi connectivity index (χ3v) is 3.21. The zero-order chi connectivity index (χ0) is 12.9. The van der Waals surface area contributed by atoms with Crippen LogP contribution in [-0.4, -0.2) is 33.0 Å². The Labute approximate surface area is 111 Å². The molecular formula is C13H16N6. The molecule has 0 unspecified atom stereocenters. The van der Waals surface area contributed by atoms with Crippen LogP contribution in [0.1, 0.15) is 24.5 Å². The molecule has 1 saturated heterocycles. The molecule has 1 aliphatic heterocycles. The molecule has 0 aromatic carbocycles. The molecule has 98 valence electrons. The van der Waals surface area contributed by atoms with Crippen LogP contribution in [0.4, 0.5) is 11.6 Å². The molecule has 2 aromatic rings. The molecule has 2 N–H and O–H groups in total. The molecule has 1 aliphatic rings. The Morgan fingerprint density at radius 3 is 2.68 bits per heavy atom. The van der Waals surface area contributed by atoms with Gasteiger partial charge in [0.05, 0.1) is 24.3 Å². The third kappa shape index (κ3) is 3.03. The van der Waals surface area contributed by atoms with Crippen LogP contribution in [0.2, 0.25) is 0 Å². The number of hydrogen-bond acceptors (Lipinski definition) is 6. The van der Waals surface area contributed by atoms with Crippen LogP contribution in [0, 0.1) is 0 Å². The first-order valence-corrected chi connectivity index (χ1v) is 6.47. The summed E-state index contributed by atoms with van der Waals surface area (Å²) < 4.78 is 0. The monoisotopic (exact) mass is 256 g/mol. The second-order valence-electron chi connectivity index (χ2n) is 4.59. The van der Waals surface area contributed by atoms with E-state index in [1.54, 1.807) is 24.8 Å². The van der Waals surface area contributed by atoms with E-state index in [0.717, 1.165) is 18.8 Å². The molecule has 0 spiro atoms. The summed E-state index contributed by atoms with van der Waals surface area (Å²) in [5.74, 6) is 1.84. The first-order valence-electron chi connectivity index (χ1n) is 6.47. The highest BCUT2D eigenvalue weighted by Gasteiger charge is 2.16. The van der Waals surface area contributed by atoms with Crippen LogP contribution < -0.4 is 10.6 Å². The Kier molecular flexibility index (Phi) is 3.60. The van der Waals surface area contributed by atoms with Gasteiger partial charge < -0.3 is 10.6 Å². The van der Waals surface area contributed by atoms with Crippen LogP contribution in [0.3, 0.4) is 0 Å². The Bertz CT molecular complexity index is 506. The molecule has 1 fully saturated rings. The van der Waals surface area contributed by atoms with Crippen molar-refractivity contribution in [3.05, 3.63) is 36.7 Å². The van der Waals surface area contributed by atoms with Crippen LogP contribution >= 0.6 is 0 Å². The summed E-state index contributed by atoms with van der Waals surface area (Å²) in [6.45, 7) is 2.10. The second kappa shape index (κ2) is 5.71. The van der Waals surface area contributed by atoms with Crippen LogP contribution in [0.25, 0.3) is 0 Å². The molecule has 3 rings (SSSR count). The minimum Gasteiger partial charge on any atom is -0.322 e. The highest BCUT2D eigenvalue weighted by atomic mass is 15.1. The number of hydrogen-bond donors (Lipinski definition) is 2. The summed E-state index contributed by atoms with van der Waals surface area (Å²) in [4.78, 5) is 17.0. The van der Waals surface area contributed by atoms with Gasteiger partial charge in [-0.2, -0.15) is 0 Å². The summed E-state index contributed by atoms with van der Waals surface area (Å²) in [6, 6.07) is 0. The highest BCUT2D eigenvalue weighted by Crippen LogP contribution is 2.21. The van der Waals surface area contributed by atoms with Crippen molar-refractivity contribution >= 4 is 11.6 Å². The molecule has 1 atom stereocenters. The van der Waals surface area contributed by atoms with Crippen LogP contribution in [-0.2, 0) is 0 Å². The lowest BCUT2D eigenvalue weighted by molar-refractivity contribution is 0.454. The molecule has 0 saturated carbocycles. The predicted octanol–water partition coefficient (Wildman–Crippen LogP) is 1.48. The van der Waals surface area contributed by atoms with E-state index in [-0.39, 0.29) is 0 Å². The van der Waals surface area contributed by atoms with E-state index >= 15 is 0 Å². The maximum Gasteiger partial charge on any atom is 0.150 e. The topological polar surface area (TPSA) is 75.6 Å². The molecule has 0 bridgehead atoms. The van der Waals surface area contributed by atoms with Gasteiger partial charge in [-0.25, -0.2) is 9.97 Å². The number of rotatable bonds is 3. The minimum absolute atomic E-state index is 0.479. The van der Waals surface area contributed by atoms with Crippen molar-refractivity contribution in [1.82, 2.24) is 25.3 Å². The summed E-state index contributed by atoms with van der Waals surface area (Å²) in [7, 11) is 0. The van der Waals surface area contributed by atoms with Gasteiger partial charge in [-0.15, -0.1) is 0 Å². The molecule has 0 amide bonds. The van der Waals surface area contributed by atoms with Crippen molar-refractivity contribution in [2.45, 2.75) is 18.8 Å². The second-order valence-corrected chi connectivity index (χ2v) is 4.59. The summed E-state index contributed by atoms with van der Waals surface area (Å²) in [5, 5.41) is 6.46. The highest BCUT2D eigenvalue weighted by molar-refractivity contribution is 5.48. The minimum atomic E-state index is 0.479. The average Bonchev–Trinajstić information content (AvgIpc) is 2.50. The largest absolute Gasteiger partial charge is 0.322 e. The van der Waals surface area contributed by atoms with Gasteiger partial charge in [-0.1, -0.05) is 0 Å². The van der Waals surface area contributed by atoms with Gasteiger partial charge in [-0.05, 0) is 19.4 Å². The lowest BCUT2D eigenvalue weighted by atomic mass is 9.97. The molecule has 2 aromatic heterocycles.